The molecule has 1 aromatic carbocycles. The Labute approximate surface area is 119 Å². The van der Waals surface area contributed by atoms with Crippen molar-refractivity contribution in [2.45, 2.75) is 58.9 Å². The normalized spacial score (nSPS) is 14.2. The van der Waals surface area contributed by atoms with Crippen molar-refractivity contribution in [3.05, 3.63) is 29.3 Å². The molecule has 0 aromatic heterocycles. The van der Waals surface area contributed by atoms with E-state index >= 15 is 0 Å². The third kappa shape index (κ3) is 3.50. The van der Waals surface area contributed by atoms with Gasteiger partial charge in [-0.2, -0.15) is 0 Å². The van der Waals surface area contributed by atoms with Crippen LogP contribution in [0.3, 0.4) is 0 Å². The molecule has 0 aliphatic carbocycles. The lowest BCUT2D eigenvalue weighted by Gasteiger charge is -2.43. The number of aryl methyl sites for hydroxylation is 2. The van der Waals surface area contributed by atoms with Crippen LogP contribution < -0.4 is 10.6 Å². The highest BCUT2D eigenvalue weighted by molar-refractivity contribution is 5.56. The number of benzene rings is 1. The van der Waals surface area contributed by atoms with Crippen LogP contribution in [0.4, 0.5) is 5.69 Å². The summed E-state index contributed by atoms with van der Waals surface area (Å²) in [4.78, 5) is 2.41. The molecule has 0 aliphatic rings. The number of hydrogen-bond acceptors (Lipinski definition) is 2. The lowest BCUT2D eigenvalue weighted by atomic mass is 9.87. The van der Waals surface area contributed by atoms with Gasteiger partial charge in [0.05, 0.1) is 5.54 Å². The molecular weight excluding hydrogens is 232 g/mol. The van der Waals surface area contributed by atoms with E-state index in [1.807, 2.05) is 0 Å². The molecule has 2 nitrogen and oxygen atoms in total. The highest BCUT2D eigenvalue weighted by Crippen LogP contribution is 2.31. The summed E-state index contributed by atoms with van der Waals surface area (Å²) >= 11 is 0. The van der Waals surface area contributed by atoms with E-state index in [4.69, 9.17) is 5.73 Å². The summed E-state index contributed by atoms with van der Waals surface area (Å²) in [6, 6.07) is 6.68. The van der Waals surface area contributed by atoms with Crippen LogP contribution in [0.2, 0.25) is 0 Å². The van der Waals surface area contributed by atoms with Gasteiger partial charge in [-0.15, -0.1) is 0 Å². The largest absolute Gasteiger partial charge is 0.367 e. The van der Waals surface area contributed by atoms with Gasteiger partial charge < -0.3 is 10.6 Å². The van der Waals surface area contributed by atoms with Gasteiger partial charge in [0.15, 0.2) is 0 Å². The van der Waals surface area contributed by atoms with E-state index in [2.05, 4.69) is 57.8 Å². The summed E-state index contributed by atoms with van der Waals surface area (Å²) in [7, 11) is 2.20. The van der Waals surface area contributed by atoms with Crippen LogP contribution in [0.1, 0.15) is 50.7 Å². The smallest absolute Gasteiger partial charge is 0.0518 e. The standard InChI is InChI=1S/C17H30N2/c1-6-8-11-17(7-2,13-18)19(5)16-10-9-14(3)12-15(16)4/h9-10,12H,6-8,11,13,18H2,1-5H3. The Hall–Kier alpha value is -1.02. The highest BCUT2D eigenvalue weighted by atomic mass is 15.2. The fourth-order valence-electron chi connectivity index (χ4n) is 2.91. The van der Waals surface area contributed by atoms with Crippen LogP contribution in [0.25, 0.3) is 0 Å². The lowest BCUT2D eigenvalue weighted by Crippen LogP contribution is -2.52. The van der Waals surface area contributed by atoms with Crippen molar-refractivity contribution in [1.82, 2.24) is 0 Å². The molecule has 108 valence electrons. The first-order chi connectivity index (χ1) is 9.00. The van der Waals surface area contributed by atoms with Crippen molar-refractivity contribution >= 4 is 5.69 Å². The lowest BCUT2D eigenvalue weighted by molar-refractivity contribution is 0.358. The second-order valence-electron chi connectivity index (χ2n) is 5.73. The summed E-state index contributed by atoms with van der Waals surface area (Å²) in [6.45, 7) is 9.55. The van der Waals surface area contributed by atoms with Crippen molar-refractivity contribution in [2.75, 3.05) is 18.5 Å². The summed E-state index contributed by atoms with van der Waals surface area (Å²) in [6.07, 6.45) is 4.72. The maximum Gasteiger partial charge on any atom is 0.0518 e. The molecule has 0 bridgehead atoms. The van der Waals surface area contributed by atoms with Gasteiger partial charge in [0, 0.05) is 19.3 Å². The zero-order valence-electron chi connectivity index (χ0n) is 13.3. The summed E-state index contributed by atoms with van der Waals surface area (Å²) in [5.74, 6) is 0. The van der Waals surface area contributed by atoms with Gasteiger partial charge in [-0.1, -0.05) is 44.4 Å². The van der Waals surface area contributed by atoms with Crippen LogP contribution in [-0.2, 0) is 0 Å². The Morgan fingerprint density at radius 1 is 1.21 bits per heavy atom. The fourth-order valence-corrected chi connectivity index (χ4v) is 2.91. The first-order valence-corrected chi connectivity index (χ1v) is 7.52. The highest BCUT2D eigenvalue weighted by Gasteiger charge is 2.31. The first-order valence-electron chi connectivity index (χ1n) is 7.52. The first kappa shape index (κ1) is 16.0. The fraction of sp³-hybridized carbons (Fsp3) is 0.647. The van der Waals surface area contributed by atoms with E-state index < -0.39 is 0 Å². The van der Waals surface area contributed by atoms with Gasteiger partial charge in [-0.05, 0) is 38.3 Å². The summed E-state index contributed by atoms with van der Waals surface area (Å²) in [5, 5.41) is 0. The molecule has 0 saturated carbocycles. The van der Waals surface area contributed by atoms with Crippen molar-refractivity contribution in [3.8, 4) is 0 Å². The Morgan fingerprint density at radius 2 is 1.89 bits per heavy atom. The van der Waals surface area contributed by atoms with Gasteiger partial charge >= 0.3 is 0 Å². The third-order valence-electron chi connectivity index (χ3n) is 4.46. The van der Waals surface area contributed by atoms with E-state index in [9.17, 15) is 0 Å². The molecular formula is C17H30N2. The number of nitrogens with zero attached hydrogens (tertiary/aromatic N) is 1. The predicted molar refractivity (Wildman–Crippen MR) is 85.9 cm³/mol. The zero-order chi connectivity index (χ0) is 14.5. The molecule has 1 unspecified atom stereocenters. The number of anilines is 1. The average molecular weight is 262 g/mol. The van der Waals surface area contributed by atoms with Gasteiger partial charge in [-0.3, -0.25) is 0 Å². The minimum atomic E-state index is 0.0933. The molecule has 0 fully saturated rings. The van der Waals surface area contributed by atoms with E-state index in [-0.39, 0.29) is 5.54 Å². The van der Waals surface area contributed by atoms with E-state index in [1.54, 1.807) is 0 Å². The zero-order valence-corrected chi connectivity index (χ0v) is 13.3. The summed E-state index contributed by atoms with van der Waals surface area (Å²) < 4.78 is 0. The number of likely N-dealkylation sites (N-methyl/N-ethyl adjacent to an activating group) is 1. The van der Waals surface area contributed by atoms with Gasteiger partial charge in [0.2, 0.25) is 0 Å². The van der Waals surface area contributed by atoms with Gasteiger partial charge in [0.25, 0.3) is 0 Å². The second-order valence-corrected chi connectivity index (χ2v) is 5.73. The van der Waals surface area contributed by atoms with Crippen molar-refractivity contribution in [1.29, 1.82) is 0 Å². The van der Waals surface area contributed by atoms with E-state index in [1.165, 1.54) is 36.1 Å². The number of hydrogen-bond donors (Lipinski definition) is 1. The molecule has 1 atom stereocenters. The van der Waals surface area contributed by atoms with Crippen LogP contribution in [0, 0.1) is 13.8 Å². The quantitative estimate of drug-likeness (QED) is 0.803. The topological polar surface area (TPSA) is 29.3 Å². The minimum Gasteiger partial charge on any atom is -0.367 e. The number of nitrogens with two attached hydrogens (primary N) is 1. The molecule has 0 heterocycles. The van der Waals surface area contributed by atoms with Crippen LogP contribution in [0.15, 0.2) is 18.2 Å². The van der Waals surface area contributed by atoms with Gasteiger partial charge in [0.1, 0.15) is 0 Å². The van der Waals surface area contributed by atoms with E-state index in [0.717, 1.165) is 6.42 Å². The van der Waals surface area contributed by atoms with Gasteiger partial charge in [-0.25, -0.2) is 0 Å². The van der Waals surface area contributed by atoms with Crippen LogP contribution >= 0.6 is 0 Å². The maximum absolute atomic E-state index is 6.14. The molecule has 0 aliphatic heterocycles. The molecule has 1 rings (SSSR count). The Kier molecular flexibility index (Phi) is 5.86. The Morgan fingerprint density at radius 3 is 2.37 bits per heavy atom. The molecule has 1 aromatic rings. The Bertz CT molecular complexity index is 394. The maximum atomic E-state index is 6.14. The van der Waals surface area contributed by atoms with Crippen molar-refractivity contribution in [2.24, 2.45) is 5.73 Å². The summed E-state index contributed by atoms with van der Waals surface area (Å²) in [5.41, 5.74) is 10.2. The molecule has 19 heavy (non-hydrogen) atoms. The second kappa shape index (κ2) is 6.95. The molecule has 0 amide bonds. The van der Waals surface area contributed by atoms with Crippen LogP contribution in [-0.4, -0.2) is 19.1 Å². The molecule has 0 spiro atoms. The third-order valence-corrected chi connectivity index (χ3v) is 4.46. The number of rotatable bonds is 7. The SMILES string of the molecule is CCCCC(CC)(CN)N(C)c1ccc(C)cc1C. The Balaban J connectivity index is 3.07. The monoisotopic (exact) mass is 262 g/mol. The predicted octanol–water partition coefficient (Wildman–Crippen LogP) is 4.04. The van der Waals surface area contributed by atoms with Crippen LogP contribution in [0.5, 0.6) is 0 Å². The molecule has 2 N–H and O–H groups in total. The van der Waals surface area contributed by atoms with Crippen molar-refractivity contribution in [3.63, 3.8) is 0 Å². The van der Waals surface area contributed by atoms with Crippen molar-refractivity contribution < 1.29 is 0 Å². The minimum absolute atomic E-state index is 0.0933. The average Bonchev–Trinajstić information content (AvgIpc) is 2.40. The number of unbranched alkanes of at least 4 members (excludes halogenated alkanes) is 1. The molecule has 0 radical (unpaired) electrons. The van der Waals surface area contributed by atoms with E-state index in [0.29, 0.717) is 6.54 Å². The molecule has 0 saturated heterocycles. The molecule has 2 heteroatoms.